The zero-order valence-electron chi connectivity index (χ0n) is 29.6. The summed E-state index contributed by atoms with van der Waals surface area (Å²) in [5.74, 6) is 0.518. The number of fused-ring (bicyclic) bond motifs is 1. The lowest BCUT2D eigenvalue weighted by Crippen LogP contribution is -2.47. The molecular weight excluding hydrogens is 699 g/mol. The minimum Gasteiger partial charge on any atom is -0.476 e. The molecule has 0 radical (unpaired) electrons. The van der Waals surface area contributed by atoms with Gasteiger partial charge in [0, 0.05) is 31.2 Å². The molecule has 15 nitrogen and oxygen atoms in total. The number of alkyl carbamates (subject to hydrolysis) is 1. The number of nitrogen functional groups attached to an aromatic ring is 1. The van der Waals surface area contributed by atoms with Crippen molar-refractivity contribution in [1.29, 1.82) is 0 Å². The van der Waals surface area contributed by atoms with E-state index >= 15 is 0 Å². The van der Waals surface area contributed by atoms with Gasteiger partial charge < -0.3 is 30.7 Å². The molecule has 2 fully saturated rings. The summed E-state index contributed by atoms with van der Waals surface area (Å²) < 4.78 is 40.1. The van der Waals surface area contributed by atoms with Crippen LogP contribution in [0.4, 0.5) is 25.1 Å². The van der Waals surface area contributed by atoms with E-state index in [1.54, 1.807) is 6.07 Å². The Morgan fingerprint density at radius 1 is 1.12 bits per heavy atom. The molecule has 0 spiro atoms. The Hall–Kier alpha value is -4.87. The van der Waals surface area contributed by atoms with E-state index in [0.717, 1.165) is 43.2 Å². The number of amides is 2. The standard InChI is InChI=1S/C34H44F2N10O5S/c1-19-40-32(50-17-20-7-9-21(10-8-20)42-33(49)51-34(2,3)4)29(52-19)31(48)41-22-6-5-13-44(15-22)25-14-24(46-28(25)30(37)38-18-39-46)23-11-12-27(47)45(43-23)16-26(35)36/h11-12,14,18,20-22,26H,5-10,13,15-17H2,1-4H3,(H,41,48)(H,42,49)(H2,37,38,39)/t20?,21?,22-/m1/s1. The van der Waals surface area contributed by atoms with Gasteiger partial charge in [0.2, 0.25) is 5.88 Å². The number of piperidine rings is 1. The summed E-state index contributed by atoms with van der Waals surface area (Å²) in [4.78, 5) is 49.2. The normalized spacial score (nSPS) is 19.5. The van der Waals surface area contributed by atoms with Crippen LogP contribution in [-0.2, 0) is 11.3 Å². The quantitative estimate of drug-likeness (QED) is 0.209. The van der Waals surface area contributed by atoms with Gasteiger partial charge in [-0.25, -0.2) is 32.7 Å². The number of carbonyl (C=O) groups is 2. The molecule has 1 saturated carbocycles. The molecule has 1 atom stereocenters. The molecule has 4 aromatic heterocycles. The number of nitrogens with zero attached hydrogens (tertiary/aromatic N) is 7. The van der Waals surface area contributed by atoms with Crippen molar-refractivity contribution in [3.05, 3.63) is 44.8 Å². The van der Waals surface area contributed by atoms with Crippen LogP contribution >= 0.6 is 11.3 Å². The van der Waals surface area contributed by atoms with Crippen molar-refractivity contribution < 1.29 is 27.8 Å². The summed E-state index contributed by atoms with van der Waals surface area (Å²) in [6.07, 6.45) is 2.99. The fourth-order valence-corrected chi connectivity index (χ4v) is 7.44. The number of carbonyl (C=O) groups excluding carboxylic acids is 2. The summed E-state index contributed by atoms with van der Waals surface area (Å²) in [5, 5.41) is 15.4. The highest BCUT2D eigenvalue weighted by Crippen LogP contribution is 2.35. The number of aryl methyl sites for hydroxylation is 1. The second-order valence-corrected chi connectivity index (χ2v) is 15.5. The monoisotopic (exact) mass is 742 g/mol. The molecule has 4 aromatic rings. The number of rotatable bonds is 10. The van der Waals surface area contributed by atoms with Crippen molar-refractivity contribution in [3.8, 4) is 17.3 Å². The minimum atomic E-state index is -2.75. The molecule has 0 unspecified atom stereocenters. The van der Waals surface area contributed by atoms with Crippen molar-refractivity contribution in [2.45, 2.75) is 96.9 Å². The molecule has 2 aliphatic rings. The van der Waals surface area contributed by atoms with Crippen LogP contribution in [0.15, 0.2) is 29.3 Å². The predicted octanol–water partition coefficient (Wildman–Crippen LogP) is 4.43. The van der Waals surface area contributed by atoms with Gasteiger partial charge >= 0.3 is 6.09 Å². The number of ether oxygens (including phenoxy) is 2. The van der Waals surface area contributed by atoms with Crippen LogP contribution in [0.5, 0.6) is 5.88 Å². The Morgan fingerprint density at radius 2 is 1.88 bits per heavy atom. The lowest BCUT2D eigenvalue weighted by atomic mass is 9.86. The van der Waals surface area contributed by atoms with Crippen molar-refractivity contribution in [3.63, 3.8) is 0 Å². The van der Waals surface area contributed by atoms with E-state index in [4.69, 9.17) is 15.2 Å². The number of hydrogen-bond donors (Lipinski definition) is 3. The van der Waals surface area contributed by atoms with Gasteiger partial charge in [-0.05, 0) is 84.3 Å². The van der Waals surface area contributed by atoms with Crippen LogP contribution in [-0.4, -0.2) is 85.2 Å². The summed E-state index contributed by atoms with van der Waals surface area (Å²) in [6.45, 7) is 8.03. The minimum absolute atomic E-state index is 0.0522. The Morgan fingerprint density at radius 3 is 2.62 bits per heavy atom. The van der Waals surface area contributed by atoms with Gasteiger partial charge in [0.15, 0.2) is 10.7 Å². The van der Waals surface area contributed by atoms with Gasteiger partial charge in [-0.15, -0.1) is 11.3 Å². The Labute approximate surface area is 302 Å². The zero-order chi connectivity index (χ0) is 37.2. The number of anilines is 2. The summed E-state index contributed by atoms with van der Waals surface area (Å²) in [7, 11) is 0. The Bertz CT molecular complexity index is 1970. The SMILES string of the molecule is Cc1nc(OCC2CCC(NC(=O)OC(C)(C)C)CC2)c(C(=O)N[C@@H]2CCCN(c3cc(-c4ccc(=O)n(CC(F)F)n4)n4ncnc(N)c34)C2)s1. The summed E-state index contributed by atoms with van der Waals surface area (Å²) in [5.41, 5.74) is 7.04. The molecule has 1 aliphatic heterocycles. The zero-order valence-corrected chi connectivity index (χ0v) is 30.4. The molecule has 52 heavy (non-hydrogen) atoms. The van der Waals surface area contributed by atoms with Crippen LogP contribution in [0.2, 0.25) is 0 Å². The highest BCUT2D eigenvalue weighted by molar-refractivity contribution is 7.13. The molecule has 6 rings (SSSR count). The lowest BCUT2D eigenvalue weighted by Gasteiger charge is -2.34. The number of thiazole rings is 1. The number of nitrogens with one attached hydrogen (secondary N) is 2. The number of halogens is 2. The van der Waals surface area contributed by atoms with Crippen LogP contribution in [0.3, 0.4) is 0 Å². The summed E-state index contributed by atoms with van der Waals surface area (Å²) >= 11 is 1.28. The second-order valence-electron chi connectivity index (χ2n) is 14.3. The van der Waals surface area contributed by atoms with Crippen molar-refractivity contribution in [2.24, 2.45) is 5.92 Å². The first kappa shape index (κ1) is 36.9. The van der Waals surface area contributed by atoms with Gasteiger partial charge in [0.25, 0.3) is 17.9 Å². The summed E-state index contributed by atoms with van der Waals surface area (Å²) in [6, 6.07) is 4.27. The molecule has 0 bridgehead atoms. The molecule has 0 aromatic carbocycles. The first-order valence-electron chi connectivity index (χ1n) is 17.4. The molecule has 2 amide bonds. The molecule has 18 heteroatoms. The van der Waals surface area contributed by atoms with Gasteiger partial charge in [-0.3, -0.25) is 9.59 Å². The number of nitrogens with two attached hydrogens (primary N) is 1. The average Bonchev–Trinajstić information content (AvgIpc) is 3.66. The predicted molar refractivity (Wildman–Crippen MR) is 191 cm³/mol. The third-order valence-electron chi connectivity index (χ3n) is 9.03. The smallest absolute Gasteiger partial charge is 0.407 e. The highest BCUT2D eigenvalue weighted by atomic mass is 32.1. The Balaban J connectivity index is 1.10. The maximum atomic E-state index is 13.7. The van der Waals surface area contributed by atoms with Crippen LogP contribution in [0, 0.1) is 12.8 Å². The number of alkyl halides is 2. The van der Waals surface area contributed by atoms with E-state index in [9.17, 15) is 23.2 Å². The van der Waals surface area contributed by atoms with E-state index in [1.165, 1.54) is 34.3 Å². The van der Waals surface area contributed by atoms with Gasteiger partial charge in [-0.1, -0.05) is 0 Å². The molecule has 280 valence electrons. The molecule has 1 saturated heterocycles. The largest absolute Gasteiger partial charge is 0.476 e. The van der Waals surface area contributed by atoms with Crippen LogP contribution in [0.25, 0.3) is 16.9 Å². The van der Waals surface area contributed by atoms with Gasteiger partial charge in [-0.2, -0.15) is 10.2 Å². The average molecular weight is 743 g/mol. The van der Waals surface area contributed by atoms with Gasteiger partial charge in [0.05, 0.1) is 23.0 Å². The molecule has 1 aliphatic carbocycles. The maximum Gasteiger partial charge on any atom is 0.407 e. The first-order valence-corrected chi connectivity index (χ1v) is 18.2. The third kappa shape index (κ3) is 8.77. The van der Waals surface area contributed by atoms with E-state index in [1.807, 2.05) is 27.7 Å². The lowest BCUT2D eigenvalue weighted by molar-refractivity contribution is 0.0483. The molecule has 4 N–H and O–H groups in total. The van der Waals surface area contributed by atoms with E-state index < -0.39 is 30.2 Å². The fourth-order valence-electron chi connectivity index (χ4n) is 6.68. The second kappa shape index (κ2) is 15.4. The van der Waals surface area contributed by atoms with Gasteiger partial charge in [0.1, 0.15) is 29.7 Å². The topological polar surface area (TPSA) is 184 Å². The highest BCUT2D eigenvalue weighted by Gasteiger charge is 2.30. The van der Waals surface area contributed by atoms with Crippen molar-refractivity contribution in [2.75, 3.05) is 30.3 Å². The number of aromatic nitrogens is 6. The van der Waals surface area contributed by atoms with Crippen molar-refractivity contribution >= 4 is 40.4 Å². The number of hydrogen-bond acceptors (Lipinski definition) is 12. The van der Waals surface area contributed by atoms with Crippen molar-refractivity contribution in [1.82, 2.24) is 40.0 Å². The van der Waals surface area contributed by atoms with E-state index in [-0.39, 0.29) is 35.4 Å². The maximum absolute atomic E-state index is 13.7. The molecule has 5 heterocycles. The third-order valence-corrected chi connectivity index (χ3v) is 9.98. The fraction of sp³-hybridized carbons (Fsp3) is 0.559. The van der Waals surface area contributed by atoms with Crippen LogP contribution < -0.4 is 31.6 Å². The van der Waals surface area contributed by atoms with E-state index in [0.29, 0.717) is 52.4 Å². The van der Waals surface area contributed by atoms with E-state index in [2.05, 4.69) is 35.7 Å². The first-order chi connectivity index (χ1) is 24.7. The van der Waals surface area contributed by atoms with Crippen LogP contribution in [0.1, 0.15) is 74.0 Å². The molecular formula is C34H44F2N10O5S. The Kier molecular flexibility index (Phi) is 10.9.